The molecule has 8 heteroatoms. The third-order valence-corrected chi connectivity index (χ3v) is 4.87. The van der Waals surface area contributed by atoms with Gasteiger partial charge in [0.2, 0.25) is 0 Å². The van der Waals surface area contributed by atoms with E-state index in [1.54, 1.807) is 17.9 Å². The first-order valence-corrected chi connectivity index (χ1v) is 8.51. The largest absolute Gasteiger partial charge is 0.451 e. The lowest BCUT2D eigenvalue weighted by Gasteiger charge is -2.33. The number of carbonyl (C=O) groups excluding carboxylic acids is 1. The number of aromatic nitrogens is 2. The van der Waals surface area contributed by atoms with Gasteiger partial charge in [0.05, 0.1) is 0 Å². The van der Waals surface area contributed by atoms with Gasteiger partial charge in [-0.2, -0.15) is 0 Å². The third-order valence-electron chi connectivity index (χ3n) is 4.87. The highest BCUT2D eigenvalue weighted by Crippen LogP contribution is 2.27. The maximum Gasteiger partial charge on any atom is 0.289 e. The summed E-state index contributed by atoms with van der Waals surface area (Å²) in [5, 5.41) is 8.33. The Hall–Kier alpha value is -2.74. The summed E-state index contributed by atoms with van der Waals surface area (Å²) in [6.45, 7) is 6.94. The number of fused-ring (bicyclic) bond motifs is 1. The molecule has 0 aliphatic carbocycles. The smallest absolute Gasteiger partial charge is 0.289 e. The van der Waals surface area contributed by atoms with Crippen molar-refractivity contribution in [2.45, 2.75) is 20.4 Å². The number of aryl methyl sites for hydroxylation is 2. The van der Waals surface area contributed by atoms with Crippen LogP contribution in [0.5, 0.6) is 0 Å². The van der Waals surface area contributed by atoms with Gasteiger partial charge < -0.3 is 9.32 Å². The molecule has 0 saturated carbocycles. The van der Waals surface area contributed by atoms with Gasteiger partial charge >= 0.3 is 0 Å². The number of furan rings is 1. The van der Waals surface area contributed by atoms with Crippen molar-refractivity contribution in [3.8, 4) is 0 Å². The van der Waals surface area contributed by atoms with Crippen LogP contribution in [0, 0.1) is 19.7 Å². The zero-order valence-corrected chi connectivity index (χ0v) is 14.7. The average molecular weight is 358 g/mol. The average Bonchev–Trinajstić information content (AvgIpc) is 3.19. The van der Waals surface area contributed by atoms with Crippen LogP contribution in [0.25, 0.3) is 11.0 Å². The topological polar surface area (TPSA) is 75.6 Å². The van der Waals surface area contributed by atoms with Crippen LogP contribution in [0.4, 0.5) is 4.39 Å². The van der Waals surface area contributed by atoms with Crippen LogP contribution in [-0.4, -0.2) is 52.2 Å². The van der Waals surface area contributed by atoms with Gasteiger partial charge in [-0.1, -0.05) is 10.3 Å². The van der Waals surface area contributed by atoms with Gasteiger partial charge in [-0.3, -0.25) is 9.69 Å². The molecule has 0 spiro atoms. The first-order chi connectivity index (χ1) is 12.5. The molecule has 0 atom stereocenters. The van der Waals surface area contributed by atoms with Crippen LogP contribution >= 0.6 is 0 Å². The maximum absolute atomic E-state index is 13.4. The van der Waals surface area contributed by atoms with Crippen LogP contribution in [-0.2, 0) is 6.54 Å². The van der Waals surface area contributed by atoms with Gasteiger partial charge in [0.15, 0.2) is 5.76 Å². The summed E-state index contributed by atoms with van der Waals surface area (Å²) in [4.78, 5) is 16.8. The van der Waals surface area contributed by atoms with E-state index in [2.05, 4.69) is 15.2 Å². The number of rotatable bonds is 3. The number of amides is 1. The van der Waals surface area contributed by atoms with Crippen LogP contribution in [0.2, 0.25) is 0 Å². The molecule has 0 N–H and O–H groups in total. The highest BCUT2D eigenvalue weighted by atomic mass is 19.1. The van der Waals surface area contributed by atoms with Crippen molar-refractivity contribution in [2.24, 2.45) is 0 Å². The standard InChI is InChI=1S/C18H19FN4O3/c1-11-14-9-13(19)3-4-16(14)25-17(11)18(24)23-7-5-22(6-8-23)10-15-12(2)20-26-21-15/h3-4,9H,5-8,10H2,1-2H3. The van der Waals surface area contributed by atoms with Crippen molar-refractivity contribution in [3.05, 3.63) is 46.7 Å². The lowest BCUT2D eigenvalue weighted by Crippen LogP contribution is -2.48. The highest BCUT2D eigenvalue weighted by Gasteiger charge is 2.27. The molecule has 136 valence electrons. The SMILES string of the molecule is Cc1nonc1CN1CCN(C(=O)c2oc3ccc(F)cc3c2C)CC1. The van der Waals surface area contributed by atoms with Gasteiger partial charge in [0, 0.05) is 43.7 Å². The number of carbonyl (C=O) groups is 1. The number of benzene rings is 1. The molecule has 26 heavy (non-hydrogen) atoms. The molecule has 7 nitrogen and oxygen atoms in total. The van der Waals surface area contributed by atoms with Crippen LogP contribution < -0.4 is 0 Å². The summed E-state index contributed by atoms with van der Waals surface area (Å²) in [7, 11) is 0. The Kier molecular flexibility index (Phi) is 4.20. The van der Waals surface area contributed by atoms with E-state index < -0.39 is 0 Å². The molecule has 1 fully saturated rings. The molecule has 0 unspecified atom stereocenters. The fourth-order valence-corrected chi connectivity index (χ4v) is 3.25. The van der Waals surface area contributed by atoms with Crippen molar-refractivity contribution in [1.29, 1.82) is 0 Å². The first kappa shape index (κ1) is 16.7. The summed E-state index contributed by atoms with van der Waals surface area (Å²) in [6, 6.07) is 4.29. The molecule has 1 aliphatic rings. The fourth-order valence-electron chi connectivity index (χ4n) is 3.25. The molecule has 3 aromatic rings. The van der Waals surface area contributed by atoms with Gasteiger partial charge in [-0.05, 0) is 32.0 Å². The van der Waals surface area contributed by atoms with E-state index in [1.807, 2.05) is 6.92 Å². The Balaban J connectivity index is 1.45. The van der Waals surface area contributed by atoms with Crippen molar-refractivity contribution in [3.63, 3.8) is 0 Å². The van der Waals surface area contributed by atoms with Gasteiger partial charge in [-0.15, -0.1) is 0 Å². The molecular weight excluding hydrogens is 339 g/mol. The molecule has 3 heterocycles. The monoisotopic (exact) mass is 358 g/mol. The van der Waals surface area contributed by atoms with E-state index in [1.165, 1.54) is 12.1 Å². The second-order valence-corrected chi connectivity index (χ2v) is 6.56. The molecule has 1 amide bonds. The zero-order valence-electron chi connectivity index (χ0n) is 14.7. The van der Waals surface area contributed by atoms with Crippen LogP contribution in [0.15, 0.2) is 27.2 Å². The first-order valence-electron chi connectivity index (χ1n) is 8.51. The Morgan fingerprint density at radius 1 is 1.19 bits per heavy atom. The van der Waals surface area contributed by atoms with Crippen molar-refractivity contribution in [1.82, 2.24) is 20.1 Å². The maximum atomic E-state index is 13.4. The minimum atomic E-state index is -0.341. The summed E-state index contributed by atoms with van der Waals surface area (Å²) in [6.07, 6.45) is 0. The number of halogens is 1. The van der Waals surface area contributed by atoms with E-state index in [0.29, 0.717) is 36.2 Å². The molecule has 1 saturated heterocycles. The van der Waals surface area contributed by atoms with Crippen molar-refractivity contribution >= 4 is 16.9 Å². The van der Waals surface area contributed by atoms with Crippen LogP contribution in [0.3, 0.4) is 0 Å². The minimum absolute atomic E-state index is 0.155. The number of piperazine rings is 1. The molecule has 0 bridgehead atoms. The molecule has 1 aliphatic heterocycles. The Morgan fingerprint density at radius 2 is 1.96 bits per heavy atom. The lowest BCUT2D eigenvalue weighted by molar-refractivity contribution is 0.0596. The van der Waals surface area contributed by atoms with E-state index in [0.717, 1.165) is 24.5 Å². The second-order valence-electron chi connectivity index (χ2n) is 6.56. The Morgan fingerprint density at radius 3 is 2.65 bits per heavy atom. The molecular formula is C18H19FN4O3. The van der Waals surface area contributed by atoms with E-state index in [4.69, 9.17) is 9.05 Å². The second kappa shape index (κ2) is 6.53. The van der Waals surface area contributed by atoms with Gasteiger partial charge in [-0.25, -0.2) is 9.02 Å². The van der Waals surface area contributed by atoms with Gasteiger partial charge in [0.25, 0.3) is 5.91 Å². The number of nitrogens with zero attached hydrogens (tertiary/aromatic N) is 4. The third kappa shape index (κ3) is 2.96. The van der Waals surface area contributed by atoms with Crippen molar-refractivity contribution < 1.29 is 18.2 Å². The highest BCUT2D eigenvalue weighted by molar-refractivity contribution is 5.99. The molecule has 0 radical (unpaired) electrons. The minimum Gasteiger partial charge on any atom is -0.451 e. The predicted molar refractivity (Wildman–Crippen MR) is 91.1 cm³/mol. The summed E-state index contributed by atoms with van der Waals surface area (Å²) >= 11 is 0. The summed E-state index contributed by atoms with van der Waals surface area (Å²) < 4.78 is 23.9. The lowest BCUT2D eigenvalue weighted by atomic mass is 10.1. The molecule has 1 aromatic carbocycles. The summed E-state index contributed by atoms with van der Waals surface area (Å²) in [5.74, 6) is -0.208. The molecule has 2 aromatic heterocycles. The Bertz CT molecular complexity index is 957. The zero-order chi connectivity index (χ0) is 18.3. The summed E-state index contributed by atoms with van der Waals surface area (Å²) in [5.41, 5.74) is 2.81. The number of hydrogen-bond donors (Lipinski definition) is 0. The Labute approximate surface area is 149 Å². The van der Waals surface area contributed by atoms with Crippen LogP contribution in [0.1, 0.15) is 27.5 Å². The van der Waals surface area contributed by atoms with Gasteiger partial charge in [0.1, 0.15) is 22.8 Å². The quantitative estimate of drug-likeness (QED) is 0.716. The van der Waals surface area contributed by atoms with E-state index in [9.17, 15) is 9.18 Å². The predicted octanol–water partition coefficient (Wildman–Crippen LogP) is 2.53. The van der Waals surface area contributed by atoms with E-state index >= 15 is 0 Å². The molecule has 4 rings (SSSR count). The van der Waals surface area contributed by atoms with E-state index in [-0.39, 0.29) is 17.5 Å². The fraction of sp³-hybridized carbons (Fsp3) is 0.389. The van der Waals surface area contributed by atoms with Crippen molar-refractivity contribution in [2.75, 3.05) is 26.2 Å². The number of hydrogen-bond acceptors (Lipinski definition) is 6. The normalized spacial score (nSPS) is 15.7.